The molecule has 0 N–H and O–H groups in total. The molecule has 0 saturated carbocycles. The molecule has 2 amide bonds. The zero-order valence-electron chi connectivity index (χ0n) is 17.6. The minimum atomic E-state index is -0.343. The summed E-state index contributed by atoms with van der Waals surface area (Å²) in [6.45, 7) is 8.24. The van der Waals surface area contributed by atoms with Gasteiger partial charge in [-0.2, -0.15) is 5.10 Å². The largest absolute Gasteiger partial charge is 0.445 e. The van der Waals surface area contributed by atoms with Gasteiger partial charge in [-0.05, 0) is 31.9 Å². The number of carbonyl (C=O) groups is 2. The van der Waals surface area contributed by atoms with Crippen LogP contribution < -0.4 is 0 Å². The maximum absolute atomic E-state index is 12.7. The summed E-state index contributed by atoms with van der Waals surface area (Å²) in [5.74, 6) is -0.0807. The first-order chi connectivity index (χ1) is 14.5. The molecule has 0 bridgehead atoms. The van der Waals surface area contributed by atoms with Crippen molar-refractivity contribution < 1.29 is 19.1 Å². The van der Waals surface area contributed by atoms with Crippen molar-refractivity contribution in [1.82, 2.24) is 19.6 Å². The molecule has 3 heterocycles. The molecule has 0 spiro atoms. The van der Waals surface area contributed by atoms with Crippen LogP contribution in [0.4, 0.5) is 4.79 Å². The first-order valence-corrected chi connectivity index (χ1v) is 10.4. The van der Waals surface area contributed by atoms with Crippen LogP contribution in [0.5, 0.6) is 0 Å². The molecule has 2 aliphatic heterocycles. The third kappa shape index (κ3) is 4.64. The normalized spacial score (nSPS) is 16.7. The molecule has 8 nitrogen and oxygen atoms in total. The molecule has 0 radical (unpaired) electrons. The Balaban J connectivity index is 1.40. The van der Waals surface area contributed by atoms with Gasteiger partial charge in [0.2, 0.25) is 0 Å². The Kier molecular flexibility index (Phi) is 6.03. The van der Waals surface area contributed by atoms with Gasteiger partial charge >= 0.3 is 6.09 Å². The lowest BCUT2D eigenvalue weighted by Gasteiger charge is -2.26. The Hall–Kier alpha value is -2.87. The number of ether oxygens (including phenoxy) is 2. The van der Waals surface area contributed by atoms with E-state index in [2.05, 4.69) is 11.2 Å². The Morgan fingerprint density at radius 3 is 2.47 bits per heavy atom. The lowest BCUT2D eigenvalue weighted by Crippen LogP contribution is -2.40. The Morgan fingerprint density at radius 1 is 1.00 bits per heavy atom. The fourth-order valence-electron chi connectivity index (χ4n) is 4.04. The number of morpholine rings is 1. The summed E-state index contributed by atoms with van der Waals surface area (Å²) in [4.78, 5) is 28.9. The molecule has 1 fully saturated rings. The molecule has 2 aliphatic rings. The third-order valence-corrected chi connectivity index (χ3v) is 5.43. The van der Waals surface area contributed by atoms with Crippen molar-refractivity contribution in [2.75, 3.05) is 32.8 Å². The van der Waals surface area contributed by atoms with Crippen LogP contribution in [0.1, 0.15) is 39.3 Å². The topological polar surface area (TPSA) is 76.9 Å². The Morgan fingerprint density at radius 2 is 1.73 bits per heavy atom. The second-order valence-corrected chi connectivity index (χ2v) is 7.97. The molecule has 160 valence electrons. The number of hydrogen-bond acceptors (Lipinski definition) is 5. The molecule has 30 heavy (non-hydrogen) atoms. The lowest BCUT2D eigenvalue weighted by molar-refractivity contribution is 0.0298. The van der Waals surface area contributed by atoms with Crippen LogP contribution in [0.25, 0.3) is 0 Å². The van der Waals surface area contributed by atoms with Crippen molar-refractivity contribution in [3.63, 3.8) is 0 Å². The molecular weight excluding hydrogens is 384 g/mol. The van der Waals surface area contributed by atoms with Gasteiger partial charge in [0.1, 0.15) is 6.61 Å². The SMILES string of the molecule is Cc1cc(C)cc(COC(=O)N2CCCn3nc(C(=O)N4CCOCC4)cc3C2)c1. The van der Waals surface area contributed by atoms with Gasteiger partial charge in [0, 0.05) is 26.2 Å². The fourth-order valence-corrected chi connectivity index (χ4v) is 4.04. The molecule has 2 aromatic rings. The predicted octanol–water partition coefficient (Wildman–Crippen LogP) is 2.51. The van der Waals surface area contributed by atoms with Crippen LogP contribution >= 0.6 is 0 Å². The average molecular weight is 412 g/mol. The van der Waals surface area contributed by atoms with E-state index in [0.717, 1.165) is 28.8 Å². The van der Waals surface area contributed by atoms with E-state index >= 15 is 0 Å². The van der Waals surface area contributed by atoms with Crippen molar-refractivity contribution in [1.29, 1.82) is 0 Å². The van der Waals surface area contributed by atoms with E-state index in [4.69, 9.17) is 9.47 Å². The Bertz CT molecular complexity index is 913. The van der Waals surface area contributed by atoms with E-state index in [1.54, 1.807) is 15.9 Å². The fraction of sp³-hybridized carbons (Fsp3) is 0.500. The number of carbonyl (C=O) groups excluding carboxylic acids is 2. The first kappa shape index (κ1) is 20.4. The van der Waals surface area contributed by atoms with Crippen LogP contribution in [0.3, 0.4) is 0 Å². The molecule has 8 heteroatoms. The average Bonchev–Trinajstić information content (AvgIpc) is 3.02. The highest BCUT2D eigenvalue weighted by Gasteiger charge is 2.26. The monoisotopic (exact) mass is 412 g/mol. The summed E-state index contributed by atoms with van der Waals surface area (Å²) < 4.78 is 12.7. The highest BCUT2D eigenvalue weighted by Crippen LogP contribution is 2.17. The molecule has 4 rings (SSSR count). The van der Waals surface area contributed by atoms with Gasteiger partial charge in [-0.1, -0.05) is 29.3 Å². The molecule has 0 atom stereocenters. The van der Waals surface area contributed by atoms with E-state index in [1.165, 1.54) is 0 Å². The minimum absolute atomic E-state index is 0.0807. The molecular formula is C22H28N4O4. The van der Waals surface area contributed by atoms with E-state index in [0.29, 0.717) is 51.6 Å². The molecule has 1 aromatic carbocycles. The zero-order valence-corrected chi connectivity index (χ0v) is 17.6. The van der Waals surface area contributed by atoms with Crippen LogP contribution in [0.2, 0.25) is 0 Å². The summed E-state index contributed by atoms with van der Waals surface area (Å²) in [5, 5.41) is 4.50. The molecule has 1 aromatic heterocycles. The van der Waals surface area contributed by atoms with Crippen LogP contribution in [0.15, 0.2) is 24.3 Å². The van der Waals surface area contributed by atoms with E-state index in [1.807, 2.05) is 30.7 Å². The Labute approximate surface area is 176 Å². The van der Waals surface area contributed by atoms with Crippen molar-refractivity contribution in [3.8, 4) is 0 Å². The minimum Gasteiger partial charge on any atom is -0.445 e. The van der Waals surface area contributed by atoms with Gasteiger partial charge in [0.25, 0.3) is 5.91 Å². The number of amides is 2. The number of rotatable bonds is 3. The number of aryl methyl sites for hydroxylation is 3. The molecule has 0 aliphatic carbocycles. The maximum atomic E-state index is 12.7. The van der Waals surface area contributed by atoms with Crippen molar-refractivity contribution >= 4 is 12.0 Å². The highest BCUT2D eigenvalue weighted by molar-refractivity contribution is 5.92. The second kappa shape index (κ2) is 8.87. The molecule has 1 saturated heterocycles. The van der Waals surface area contributed by atoms with E-state index in [-0.39, 0.29) is 18.6 Å². The number of fused-ring (bicyclic) bond motifs is 1. The summed E-state index contributed by atoms with van der Waals surface area (Å²) in [6.07, 6.45) is 0.420. The summed E-state index contributed by atoms with van der Waals surface area (Å²) in [7, 11) is 0. The van der Waals surface area contributed by atoms with E-state index < -0.39 is 0 Å². The predicted molar refractivity (Wildman–Crippen MR) is 110 cm³/mol. The van der Waals surface area contributed by atoms with Gasteiger partial charge in [0.15, 0.2) is 5.69 Å². The van der Waals surface area contributed by atoms with Crippen LogP contribution in [-0.2, 0) is 29.2 Å². The zero-order chi connectivity index (χ0) is 21.1. The summed E-state index contributed by atoms with van der Waals surface area (Å²) in [5.41, 5.74) is 4.57. The second-order valence-electron chi connectivity index (χ2n) is 7.97. The quantitative estimate of drug-likeness (QED) is 0.774. The molecule has 0 unspecified atom stereocenters. The number of hydrogen-bond donors (Lipinski definition) is 0. The maximum Gasteiger partial charge on any atom is 0.410 e. The standard InChI is InChI=1S/C22H28N4O4/c1-16-10-17(2)12-18(11-16)15-30-22(28)25-4-3-5-26-19(14-25)13-20(23-26)21(27)24-6-8-29-9-7-24/h10-13H,3-9,14-15H2,1-2H3. The third-order valence-electron chi connectivity index (χ3n) is 5.43. The van der Waals surface area contributed by atoms with E-state index in [9.17, 15) is 9.59 Å². The van der Waals surface area contributed by atoms with Crippen LogP contribution in [-0.4, -0.2) is 64.4 Å². The number of nitrogens with zero attached hydrogens (tertiary/aromatic N) is 4. The summed E-state index contributed by atoms with van der Waals surface area (Å²) in [6, 6.07) is 7.95. The van der Waals surface area contributed by atoms with Crippen molar-refractivity contribution in [2.45, 2.75) is 40.0 Å². The summed E-state index contributed by atoms with van der Waals surface area (Å²) >= 11 is 0. The van der Waals surface area contributed by atoms with Gasteiger partial charge in [0.05, 0.1) is 25.5 Å². The smallest absolute Gasteiger partial charge is 0.410 e. The van der Waals surface area contributed by atoms with Crippen molar-refractivity contribution in [3.05, 3.63) is 52.3 Å². The van der Waals surface area contributed by atoms with Gasteiger partial charge in [-0.3, -0.25) is 9.48 Å². The van der Waals surface area contributed by atoms with Crippen LogP contribution in [0, 0.1) is 13.8 Å². The number of benzene rings is 1. The lowest BCUT2D eigenvalue weighted by atomic mass is 10.1. The van der Waals surface area contributed by atoms with Crippen molar-refractivity contribution in [2.24, 2.45) is 0 Å². The van der Waals surface area contributed by atoms with Gasteiger partial charge < -0.3 is 19.3 Å². The highest BCUT2D eigenvalue weighted by atomic mass is 16.6. The first-order valence-electron chi connectivity index (χ1n) is 10.4. The van der Waals surface area contributed by atoms with Gasteiger partial charge in [-0.25, -0.2) is 4.79 Å². The number of aromatic nitrogens is 2. The van der Waals surface area contributed by atoms with Gasteiger partial charge in [-0.15, -0.1) is 0 Å².